The molecule has 0 heterocycles. The van der Waals surface area contributed by atoms with Gasteiger partial charge >= 0.3 is 6.18 Å². The van der Waals surface area contributed by atoms with Crippen LogP contribution in [0, 0.1) is 0 Å². The van der Waals surface area contributed by atoms with Gasteiger partial charge in [0.2, 0.25) is 0 Å². The van der Waals surface area contributed by atoms with Crippen molar-refractivity contribution in [3.8, 4) is 5.75 Å². The topological polar surface area (TPSA) is 26.3 Å². The second-order valence-corrected chi connectivity index (χ2v) is 3.23. The number of ether oxygens (including phenoxy) is 1. The number of alkyl halides is 3. The van der Waals surface area contributed by atoms with E-state index in [9.17, 15) is 18.0 Å². The third-order valence-corrected chi connectivity index (χ3v) is 2.15. The number of carbonyl (C=O) groups excluding carboxylic acids is 1. The van der Waals surface area contributed by atoms with Gasteiger partial charge in [0.25, 0.3) is 0 Å². The Labute approximate surface area is 91.0 Å². The van der Waals surface area contributed by atoms with Gasteiger partial charge in [0.05, 0.1) is 12.7 Å². The van der Waals surface area contributed by atoms with Crippen LogP contribution < -0.4 is 4.74 Å². The number of benzene rings is 1. The molecule has 2 nitrogen and oxygen atoms in total. The van der Waals surface area contributed by atoms with Crippen molar-refractivity contribution in [1.82, 2.24) is 0 Å². The monoisotopic (exact) mass is 232 g/mol. The van der Waals surface area contributed by atoms with Gasteiger partial charge in [0, 0.05) is 6.42 Å². The minimum absolute atomic E-state index is 0.164. The molecule has 0 atom stereocenters. The average molecular weight is 232 g/mol. The van der Waals surface area contributed by atoms with Crippen LogP contribution in [0.4, 0.5) is 13.2 Å². The summed E-state index contributed by atoms with van der Waals surface area (Å²) in [6, 6.07) is 3.27. The van der Waals surface area contributed by atoms with E-state index < -0.39 is 11.7 Å². The molecule has 0 unspecified atom stereocenters. The van der Waals surface area contributed by atoms with Crippen LogP contribution >= 0.6 is 0 Å². The second kappa shape index (κ2) is 5.01. The third kappa shape index (κ3) is 2.98. The molecule has 1 aromatic rings. The van der Waals surface area contributed by atoms with E-state index in [0.29, 0.717) is 12.0 Å². The normalized spacial score (nSPS) is 11.2. The zero-order valence-electron chi connectivity index (χ0n) is 8.67. The van der Waals surface area contributed by atoms with Gasteiger partial charge in [-0.3, -0.25) is 0 Å². The number of aldehydes is 1. The van der Waals surface area contributed by atoms with E-state index in [1.807, 2.05) is 0 Å². The summed E-state index contributed by atoms with van der Waals surface area (Å²) in [5.41, 5.74) is -0.151. The van der Waals surface area contributed by atoms with Gasteiger partial charge in [-0.25, -0.2) is 0 Å². The summed E-state index contributed by atoms with van der Waals surface area (Å²) in [4.78, 5) is 10.2. The smallest absolute Gasteiger partial charge is 0.416 e. The minimum atomic E-state index is -4.38. The Bertz CT molecular complexity index is 372. The van der Waals surface area contributed by atoms with Crippen LogP contribution in [0.1, 0.15) is 17.5 Å². The Morgan fingerprint density at radius 1 is 1.38 bits per heavy atom. The van der Waals surface area contributed by atoms with Crippen LogP contribution in [0.3, 0.4) is 0 Å². The molecule has 0 radical (unpaired) electrons. The highest BCUT2D eigenvalue weighted by molar-refractivity contribution is 5.51. The Morgan fingerprint density at radius 2 is 2.06 bits per heavy atom. The summed E-state index contributed by atoms with van der Waals surface area (Å²) in [6.45, 7) is 0. The second-order valence-electron chi connectivity index (χ2n) is 3.23. The molecular formula is C11H11F3O2. The molecule has 0 aromatic heterocycles. The fraction of sp³-hybridized carbons (Fsp3) is 0.364. The van der Waals surface area contributed by atoms with E-state index >= 15 is 0 Å². The van der Waals surface area contributed by atoms with E-state index in [0.717, 1.165) is 18.4 Å². The quantitative estimate of drug-likeness (QED) is 0.746. The van der Waals surface area contributed by atoms with E-state index in [4.69, 9.17) is 4.74 Å². The fourth-order valence-electron chi connectivity index (χ4n) is 1.34. The third-order valence-electron chi connectivity index (χ3n) is 2.15. The highest BCUT2D eigenvalue weighted by Crippen LogP contribution is 2.33. The van der Waals surface area contributed by atoms with Crippen molar-refractivity contribution in [3.63, 3.8) is 0 Å². The van der Waals surface area contributed by atoms with Gasteiger partial charge in [0.15, 0.2) is 0 Å². The van der Waals surface area contributed by atoms with Crippen molar-refractivity contribution in [2.75, 3.05) is 7.11 Å². The summed E-state index contributed by atoms with van der Waals surface area (Å²) < 4.78 is 42.0. The first-order valence-electron chi connectivity index (χ1n) is 4.66. The zero-order chi connectivity index (χ0) is 12.2. The van der Waals surface area contributed by atoms with Crippen molar-refractivity contribution in [3.05, 3.63) is 29.3 Å². The van der Waals surface area contributed by atoms with Crippen LogP contribution in [-0.2, 0) is 17.4 Å². The van der Waals surface area contributed by atoms with E-state index in [2.05, 4.69) is 0 Å². The van der Waals surface area contributed by atoms with E-state index in [1.54, 1.807) is 0 Å². The van der Waals surface area contributed by atoms with E-state index in [1.165, 1.54) is 13.2 Å². The first-order chi connectivity index (χ1) is 7.49. The van der Waals surface area contributed by atoms with Crippen molar-refractivity contribution < 1.29 is 22.7 Å². The maximum Gasteiger partial charge on any atom is 0.416 e. The molecule has 0 saturated carbocycles. The highest BCUT2D eigenvalue weighted by atomic mass is 19.4. The highest BCUT2D eigenvalue weighted by Gasteiger charge is 2.31. The number of hydrogen-bond donors (Lipinski definition) is 0. The largest absolute Gasteiger partial charge is 0.496 e. The summed E-state index contributed by atoms with van der Waals surface area (Å²) >= 11 is 0. The van der Waals surface area contributed by atoms with Gasteiger partial charge in [-0.2, -0.15) is 13.2 Å². The predicted molar refractivity (Wildman–Crippen MR) is 52.4 cm³/mol. The first kappa shape index (κ1) is 12.5. The molecule has 0 bridgehead atoms. The molecule has 0 aliphatic rings. The molecule has 16 heavy (non-hydrogen) atoms. The standard InChI is InChI=1S/C11H11F3O2/c1-16-10-7-9(11(12,13)14)5-4-8(10)3-2-6-15/h4-7H,2-3H2,1H3. The number of methoxy groups -OCH3 is 1. The minimum Gasteiger partial charge on any atom is -0.496 e. The molecular weight excluding hydrogens is 221 g/mol. The van der Waals surface area contributed by atoms with Gasteiger partial charge in [-0.05, 0) is 24.1 Å². The molecule has 0 aliphatic carbocycles. The molecule has 88 valence electrons. The molecule has 0 N–H and O–H groups in total. The maximum atomic E-state index is 12.4. The van der Waals surface area contributed by atoms with Crippen LogP contribution in [0.2, 0.25) is 0 Å². The Morgan fingerprint density at radius 3 is 2.56 bits per heavy atom. The first-order valence-corrected chi connectivity index (χ1v) is 4.66. The van der Waals surface area contributed by atoms with Crippen molar-refractivity contribution in [2.45, 2.75) is 19.0 Å². The summed E-state index contributed by atoms with van der Waals surface area (Å²) in [7, 11) is 1.31. The van der Waals surface area contributed by atoms with Crippen LogP contribution in [0.15, 0.2) is 18.2 Å². The van der Waals surface area contributed by atoms with Gasteiger partial charge in [-0.15, -0.1) is 0 Å². The van der Waals surface area contributed by atoms with Crippen molar-refractivity contribution in [2.24, 2.45) is 0 Å². The lowest BCUT2D eigenvalue weighted by Crippen LogP contribution is -2.06. The van der Waals surface area contributed by atoms with Gasteiger partial charge in [-0.1, -0.05) is 6.07 Å². The number of aryl methyl sites for hydroxylation is 1. The number of halogens is 3. The molecule has 1 aromatic carbocycles. The lowest BCUT2D eigenvalue weighted by Gasteiger charge is -2.11. The number of carbonyl (C=O) groups is 1. The van der Waals surface area contributed by atoms with Crippen LogP contribution in [0.25, 0.3) is 0 Å². The van der Waals surface area contributed by atoms with Gasteiger partial charge < -0.3 is 9.53 Å². The number of hydrogen-bond acceptors (Lipinski definition) is 2. The van der Waals surface area contributed by atoms with E-state index in [-0.39, 0.29) is 12.2 Å². The fourth-order valence-corrected chi connectivity index (χ4v) is 1.34. The molecule has 0 fully saturated rings. The molecule has 0 aliphatic heterocycles. The molecule has 1 rings (SSSR count). The van der Waals surface area contributed by atoms with Crippen molar-refractivity contribution >= 4 is 6.29 Å². The maximum absolute atomic E-state index is 12.4. The average Bonchev–Trinajstić information content (AvgIpc) is 2.24. The predicted octanol–water partition coefficient (Wildman–Crippen LogP) is 2.85. The van der Waals surface area contributed by atoms with Crippen molar-refractivity contribution in [1.29, 1.82) is 0 Å². The van der Waals surface area contributed by atoms with Crippen LogP contribution in [0.5, 0.6) is 5.75 Å². The number of rotatable bonds is 4. The molecule has 0 amide bonds. The summed E-state index contributed by atoms with van der Waals surface area (Å²) in [5.74, 6) is 0.164. The lowest BCUT2D eigenvalue weighted by molar-refractivity contribution is -0.137. The molecule has 0 spiro atoms. The zero-order valence-corrected chi connectivity index (χ0v) is 8.67. The summed E-state index contributed by atoms with van der Waals surface area (Å²) in [5, 5.41) is 0. The Balaban J connectivity index is 3.02. The Kier molecular flexibility index (Phi) is 3.93. The summed E-state index contributed by atoms with van der Waals surface area (Å²) in [6.07, 6.45) is -3.01. The lowest BCUT2D eigenvalue weighted by atomic mass is 10.1. The molecule has 0 saturated heterocycles. The Hall–Kier alpha value is -1.52. The van der Waals surface area contributed by atoms with Gasteiger partial charge in [0.1, 0.15) is 12.0 Å². The van der Waals surface area contributed by atoms with Crippen LogP contribution in [-0.4, -0.2) is 13.4 Å². The SMILES string of the molecule is COc1cc(C(F)(F)F)ccc1CCC=O. The molecule has 5 heteroatoms.